The van der Waals surface area contributed by atoms with E-state index in [-0.39, 0.29) is 12.0 Å². The molecule has 2 rings (SSSR count). The number of benzene rings is 1. The smallest absolute Gasteiger partial charge is 0.165 e. The summed E-state index contributed by atoms with van der Waals surface area (Å²) in [6.07, 6.45) is 3.58. The van der Waals surface area contributed by atoms with Crippen molar-refractivity contribution in [1.29, 1.82) is 0 Å². The lowest BCUT2D eigenvalue weighted by molar-refractivity contribution is 0.127. The summed E-state index contributed by atoms with van der Waals surface area (Å²) in [4.78, 5) is 0. The summed E-state index contributed by atoms with van der Waals surface area (Å²) >= 11 is 0. The lowest BCUT2D eigenvalue weighted by Crippen LogP contribution is -2.32. The Labute approximate surface area is 126 Å². The highest BCUT2D eigenvalue weighted by Crippen LogP contribution is 2.30. The molecule has 0 amide bonds. The number of aliphatic hydroxyl groups is 1. The van der Waals surface area contributed by atoms with Crippen LogP contribution in [0.1, 0.15) is 26.7 Å². The number of hydrogen-bond acceptors (Lipinski definition) is 4. The lowest BCUT2D eigenvalue weighted by Gasteiger charge is -2.30. The average Bonchev–Trinajstić information content (AvgIpc) is 2.95. The number of nitrogens with zero attached hydrogens (tertiary/aromatic N) is 3. The van der Waals surface area contributed by atoms with E-state index in [9.17, 15) is 5.11 Å². The van der Waals surface area contributed by atoms with Gasteiger partial charge in [0.1, 0.15) is 6.33 Å². The summed E-state index contributed by atoms with van der Waals surface area (Å²) in [6, 6.07) is 8.07. The van der Waals surface area contributed by atoms with Gasteiger partial charge in [-0.3, -0.25) is 0 Å². The van der Waals surface area contributed by atoms with Gasteiger partial charge in [-0.25, -0.2) is 0 Å². The fourth-order valence-corrected chi connectivity index (χ4v) is 2.42. The van der Waals surface area contributed by atoms with Crippen molar-refractivity contribution < 1.29 is 5.11 Å². The molecule has 0 aliphatic rings. The zero-order chi connectivity index (χ0) is 15.3. The highest BCUT2D eigenvalue weighted by Gasteiger charge is 2.25. The van der Waals surface area contributed by atoms with Crippen LogP contribution in [0, 0.1) is 5.41 Å². The third kappa shape index (κ3) is 3.24. The van der Waals surface area contributed by atoms with Crippen LogP contribution in [0.2, 0.25) is 0 Å². The first-order valence-corrected chi connectivity index (χ1v) is 7.44. The zero-order valence-corrected chi connectivity index (χ0v) is 13.0. The number of hydrogen-bond donors (Lipinski definition) is 2. The molecule has 0 radical (unpaired) electrons. The molecule has 0 saturated carbocycles. The normalized spacial score (nSPS) is 11.6. The molecule has 2 aromatic rings. The highest BCUT2D eigenvalue weighted by molar-refractivity contribution is 5.73. The molecule has 114 valence electrons. The Morgan fingerprint density at radius 3 is 2.52 bits per heavy atom. The molecule has 1 heterocycles. The third-order valence-electron chi connectivity index (χ3n) is 4.37. The maximum atomic E-state index is 9.69. The van der Waals surface area contributed by atoms with E-state index in [1.807, 2.05) is 35.9 Å². The molecule has 0 bridgehead atoms. The minimum absolute atomic E-state index is 0.0764. The molecule has 0 saturated heterocycles. The standard InChI is InChI=1S/C16H24N4O/c1-4-16(5-2,11-21)10-17-14-9-7-6-8-13(14)15-19-18-12-20(15)3/h6-9,12,17,21H,4-5,10-11H2,1-3H3. The van der Waals surface area contributed by atoms with Crippen LogP contribution in [0.25, 0.3) is 11.4 Å². The maximum Gasteiger partial charge on any atom is 0.165 e. The molecule has 0 fully saturated rings. The Morgan fingerprint density at radius 2 is 1.95 bits per heavy atom. The first-order chi connectivity index (χ1) is 10.2. The number of anilines is 1. The van der Waals surface area contributed by atoms with Crippen molar-refractivity contribution in [3.8, 4) is 11.4 Å². The third-order valence-corrected chi connectivity index (χ3v) is 4.37. The Kier molecular flexibility index (Phi) is 4.96. The van der Waals surface area contributed by atoms with E-state index in [0.717, 1.165) is 36.5 Å². The van der Waals surface area contributed by atoms with Gasteiger partial charge in [0.15, 0.2) is 5.82 Å². The van der Waals surface area contributed by atoms with Crippen molar-refractivity contribution >= 4 is 5.69 Å². The van der Waals surface area contributed by atoms with Crippen molar-refractivity contribution in [1.82, 2.24) is 14.8 Å². The molecule has 5 heteroatoms. The summed E-state index contributed by atoms with van der Waals surface area (Å²) in [7, 11) is 1.93. The number of para-hydroxylation sites is 1. The summed E-state index contributed by atoms with van der Waals surface area (Å²) in [6.45, 7) is 5.18. The van der Waals surface area contributed by atoms with E-state index >= 15 is 0 Å². The van der Waals surface area contributed by atoms with Gasteiger partial charge in [0.2, 0.25) is 0 Å². The number of aliphatic hydroxyl groups excluding tert-OH is 1. The minimum Gasteiger partial charge on any atom is -0.396 e. The van der Waals surface area contributed by atoms with Crippen LogP contribution in [0.5, 0.6) is 0 Å². The summed E-state index contributed by atoms with van der Waals surface area (Å²) in [5, 5.41) is 21.3. The molecule has 0 aliphatic carbocycles. The molecular weight excluding hydrogens is 264 g/mol. The SMILES string of the molecule is CCC(CC)(CO)CNc1ccccc1-c1nncn1C. The van der Waals surface area contributed by atoms with Gasteiger partial charge in [-0.1, -0.05) is 26.0 Å². The van der Waals surface area contributed by atoms with Gasteiger partial charge in [-0.15, -0.1) is 10.2 Å². The van der Waals surface area contributed by atoms with E-state index in [0.29, 0.717) is 0 Å². The Balaban J connectivity index is 2.24. The second-order valence-electron chi connectivity index (χ2n) is 5.53. The molecule has 0 aliphatic heterocycles. The van der Waals surface area contributed by atoms with Crippen LogP contribution in [0.3, 0.4) is 0 Å². The first-order valence-electron chi connectivity index (χ1n) is 7.44. The van der Waals surface area contributed by atoms with Gasteiger partial charge < -0.3 is 15.0 Å². The van der Waals surface area contributed by atoms with Crippen LogP contribution < -0.4 is 5.32 Å². The van der Waals surface area contributed by atoms with Gasteiger partial charge in [0.25, 0.3) is 0 Å². The summed E-state index contributed by atoms with van der Waals surface area (Å²) in [5.41, 5.74) is 1.97. The molecular formula is C16H24N4O. The van der Waals surface area contributed by atoms with Gasteiger partial charge in [0.05, 0.1) is 6.61 Å². The number of rotatable bonds is 7. The van der Waals surface area contributed by atoms with Crippen molar-refractivity contribution in [3.63, 3.8) is 0 Å². The average molecular weight is 288 g/mol. The van der Waals surface area contributed by atoms with Gasteiger partial charge in [-0.2, -0.15) is 0 Å². The second-order valence-corrected chi connectivity index (χ2v) is 5.53. The monoisotopic (exact) mass is 288 g/mol. The minimum atomic E-state index is -0.0764. The largest absolute Gasteiger partial charge is 0.396 e. The molecule has 0 unspecified atom stereocenters. The molecule has 5 nitrogen and oxygen atoms in total. The van der Waals surface area contributed by atoms with Crippen LogP contribution in [0.15, 0.2) is 30.6 Å². The second kappa shape index (κ2) is 6.72. The van der Waals surface area contributed by atoms with Crippen molar-refractivity contribution in [3.05, 3.63) is 30.6 Å². The molecule has 1 aromatic heterocycles. The number of aromatic nitrogens is 3. The Hall–Kier alpha value is -1.88. The molecule has 0 atom stereocenters. The van der Waals surface area contributed by atoms with E-state index in [1.54, 1.807) is 6.33 Å². The van der Waals surface area contributed by atoms with E-state index in [4.69, 9.17) is 0 Å². The highest BCUT2D eigenvalue weighted by atomic mass is 16.3. The van der Waals surface area contributed by atoms with E-state index < -0.39 is 0 Å². The quantitative estimate of drug-likeness (QED) is 0.822. The predicted molar refractivity (Wildman–Crippen MR) is 85.0 cm³/mol. The lowest BCUT2D eigenvalue weighted by atomic mass is 9.83. The van der Waals surface area contributed by atoms with E-state index in [2.05, 4.69) is 29.4 Å². The Morgan fingerprint density at radius 1 is 1.24 bits per heavy atom. The van der Waals surface area contributed by atoms with Gasteiger partial charge in [0, 0.05) is 30.3 Å². The predicted octanol–water partition coefficient (Wildman–Crippen LogP) is 2.69. The molecule has 1 aromatic carbocycles. The first kappa shape index (κ1) is 15.5. The van der Waals surface area contributed by atoms with Crippen LogP contribution in [-0.4, -0.2) is 33.0 Å². The van der Waals surface area contributed by atoms with Crippen LogP contribution in [-0.2, 0) is 7.05 Å². The number of nitrogens with one attached hydrogen (secondary N) is 1. The van der Waals surface area contributed by atoms with Crippen LogP contribution in [0.4, 0.5) is 5.69 Å². The van der Waals surface area contributed by atoms with Crippen LogP contribution >= 0.6 is 0 Å². The molecule has 21 heavy (non-hydrogen) atoms. The summed E-state index contributed by atoms with van der Waals surface area (Å²) < 4.78 is 1.90. The van der Waals surface area contributed by atoms with Crippen molar-refractivity contribution in [2.75, 3.05) is 18.5 Å². The topological polar surface area (TPSA) is 63.0 Å². The number of aryl methyl sites for hydroxylation is 1. The van der Waals surface area contributed by atoms with E-state index in [1.165, 1.54) is 0 Å². The fourth-order valence-electron chi connectivity index (χ4n) is 2.42. The van der Waals surface area contributed by atoms with Crippen molar-refractivity contribution in [2.24, 2.45) is 12.5 Å². The summed E-state index contributed by atoms with van der Waals surface area (Å²) in [5.74, 6) is 0.834. The Bertz CT molecular complexity index is 567. The molecule has 0 spiro atoms. The maximum absolute atomic E-state index is 9.69. The van der Waals surface area contributed by atoms with Gasteiger partial charge in [-0.05, 0) is 25.0 Å². The zero-order valence-electron chi connectivity index (χ0n) is 13.0. The fraction of sp³-hybridized carbons (Fsp3) is 0.500. The van der Waals surface area contributed by atoms with Crippen molar-refractivity contribution in [2.45, 2.75) is 26.7 Å². The van der Waals surface area contributed by atoms with Gasteiger partial charge >= 0.3 is 0 Å². The molecule has 2 N–H and O–H groups in total.